The lowest BCUT2D eigenvalue weighted by molar-refractivity contribution is -0.385. The first kappa shape index (κ1) is 18.1. The van der Waals surface area contributed by atoms with E-state index in [0.717, 1.165) is 12.8 Å². The Morgan fingerprint density at radius 1 is 1.28 bits per heavy atom. The van der Waals surface area contributed by atoms with Crippen LogP contribution in [0, 0.1) is 10.1 Å². The van der Waals surface area contributed by atoms with E-state index < -0.39 is 10.7 Å². The molecule has 0 atom stereocenters. The Morgan fingerprint density at radius 2 is 2.00 bits per heavy atom. The van der Waals surface area contributed by atoms with Gasteiger partial charge in [-0.2, -0.15) is 0 Å². The van der Waals surface area contributed by atoms with Gasteiger partial charge in [-0.05, 0) is 48.4 Å². The number of hydrogen-bond donors (Lipinski definition) is 1. The zero-order chi connectivity index (χ0) is 18.2. The Hall–Kier alpha value is -3.22. The van der Waals surface area contributed by atoms with Crippen molar-refractivity contribution in [2.24, 2.45) is 4.99 Å². The van der Waals surface area contributed by atoms with Crippen LogP contribution < -0.4 is 0 Å². The van der Waals surface area contributed by atoms with Crippen molar-refractivity contribution >= 4 is 23.6 Å². The number of unbranched alkanes of at least 4 members (excludes halogenated alkanes) is 1. The average Bonchev–Trinajstić information content (AvgIpc) is 2.61. The molecule has 25 heavy (non-hydrogen) atoms. The number of aliphatic imine (C=N–C) groups is 1. The van der Waals surface area contributed by atoms with Gasteiger partial charge in [0.05, 0.1) is 22.8 Å². The van der Waals surface area contributed by atoms with Crippen molar-refractivity contribution in [2.75, 3.05) is 6.61 Å². The van der Waals surface area contributed by atoms with E-state index >= 15 is 0 Å². The maximum absolute atomic E-state index is 11.8. The number of aromatic hydroxyl groups is 1. The van der Waals surface area contributed by atoms with Crippen LogP contribution in [0.1, 0.15) is 35.7 Å². The van der Waals surface area contributed by atoms with E-state index in [4.69, 9.17) is 4.74 Å². The van der Waals surface area contributed by atoms with Crippen LogP contribution in [0.5, 0.6) is 5.75 Å². The fourth-order valence-corrected chi connectivity index (χ4v) is 1.99. The highest BCUT2D eigenvalue weighted by molar-refractivity contribution is 5.90. The summed E-state index contributed by atoms with van der Waals surface area (Å²) in [7, 11) is 0. The molecule has 0 aliphatic rings. The lowest BCUT2D eigenvalue weighted by Gasteiger charge is -2.03. The van der Waals surface area contributed by atoms with Gasteiger partial charge in [-0.15, -0.1) is 0 Å². The molecule has 0 radical (unpaired) electrons. The number of ether oxygens (including phenoxy) is 1. The number of esters is 1. The van der Waals surface area contributed by atoms with E-state index in [2.05, 4.69) is 4.99 Å². The average molecular weight is 342 g/mol. The molecule has 2 aromatic carbocycles. The van der Waals surface area contributed by atoms with E-state index in [-0.39, 0.29) is 11.7 Å². The van der Waals surface area contributed by atoms with Gasteiger partial charge in [0, 0.05) is 12.3 Å². The molecule has 0 bridgehead atoms. The van der Waals surface area contributed by atoms with E-state index in [1.54, 1.807) is 24.3 Å². The Bertz CT molecular complexity index is 785. The summed E-state index contributed by atoms with van der Waals surface area (Å²) < 4.78 is 5.12. The van der Waals surface area contributed by atoms with Crippen molar-refractivity contribution in [1.82, 2.24) is 0 Å². The minimum absolute atomic E-state index is 0.377. The molecule has 0 saturated heterocycles. The molecule has 0 spiro atoms. The normalized spacial score (nSPS) is 10.8. The Morgan fingerprint density at radius 3 is 2.64 bits per heavy atom. The minimum atomic E-state index is -0.661. The van der Waals surface area contributed by atoms with Gasteiger partial charge >= 0.3 is 11.7 Å². The molecular weight excluding hydrogens is 324 g/mol. The minimum Gasteiger partial charge on any atom is -0.502 e. The molecule has 0 aliphatic heterocycles. The molecule has 0 heterocycles. The second kappa shape index (κ2) is 8.58. The lowest BCUT2D eigenvalue weighted by Crippen LogP contribution is -2.05. The van der Waals surface area contributed by atoms with Crippen LogP contribution in [0.3, 0.4) is 0 Å². The summed E-state index contributed by atoms with van der Waals surface area (Å²) in [5, 5.41) is 20.2. The van der Waals surface area contributed by atoms with Crippen molar-refractivity contribution in [2.45, 2.75) is 19.8 Å². The number of carbonyl (C=O) groups excluding carboxylic acids is 1. The first-order valence-corrected chi connectivity index (χ1v) is 7.80. The van der Waals surface area contributed by atoms with Crippen molar-refractivity contribution in [1.29, 1.82) is 0 Å². The third-order valence-corrected chi connectivity index (χ3v) is 3.39. The highest BCUT2D eigenvalue weighted by Gasteiger charge is 2.12. The Kier molecular flexibility index (Phi) is 6.22. The summed E-state index contributed by atoms with van der Waals surface area (Å²) in [6.45, 7) is 2.41. The van der Waals surface area contributed by atoms with Gasteiger partial charge < -0.3 is 9.84 Å². The molecule has 0 saturated carbocycles. The van der Waals surface area contributed by atoms with Gasteiger partial charge in [-0.25, -0.2) is 4.79 Å². The van der Waals surface area contributed by atoms with Gasteiger partial charge in [0.1, 0.15) is 0 Å². The molecule has 7 nitrogen and oxygen atoms in total. The second-order valence-electron chi connectivity index (χ2n) is 5.30. The largest absolute Gasteiger partial charge is 0.502 e. The summed E-state index contributed by atoms with van der Waals surface area (Å²) in [5.74, 6) is -0.772. The van der Waals surface area contributed by atoms with Crippen LogP contribution in [0.4, 0.5) is 11.4 Å². The predicted molar refractivity (Wildman–Crippen MR) is 93.6 cm³/mol. The molecule has 7 heteroatoms. The molecule has 0 amide bonds. The standard InChI is InChI=1S/C18H18N2O5/c1-2-3-10-25-18(22)14-5-7-15(8-6-14)19-12-13-4-9-17(21)16(11-13)20(23)24/h4-9,11-12,21H,2-3,10H2,1H3. The third-order valence-electron chi connectivity index (χ3n) is 3.39. The number of phenolic OH excluding ortho intramolecular Hbond substituents is 1. The van der Waals surface area contributed by atoms with Crippen molar-refractivity contribution < 1.29 is 19.6 Å². The van der Waals surface area contributed by atoms with Crippen LogP contribution in [-0.2, 0) is 4.74 Å². The lowest BCUT2D eigenvalue weighted by atomic mass is 10.2. The number of benzene rings is 2. The highest BCUT2D eigenvalue weighted by atomic mass is 16.6. The van der Waals surface area contributed by atoms with Crippen LogP contribution in [0.2, 0.25) is 0 Å². The quantitative estimate of drug-likeness (QED) is 0.269. The van der Waals surface area contributed by atoms with E-state index in [0.29, 0.717) is 23.4 Å². The number of phenols is 1. The molecule has 0 aliphatic carbocycles. The van der Waals surface area contributed by atoms with E-state index in [9.17, 15) is 20.0 Å². The maximum Gasteiger partial charge on any atom is 0.338 e. The third kappa shape index (κ3) is 5.13. The number of nitrogens with zero attached hydrogens (tertiary/aromatic N) is 2. The molecule has 0 aromatic heterocycles. The predicted octanol–water partition coefficient (Wildman–Crippen LogP) is 4.01. The number of hydrogen-bond acceptors (Lipinski definition) is 6. The number of nitro groups is 1. The number of nitro benzene ring substituents is 1. The highest BCUT2D eigenvalue weighted by Crippen LogP contribution is 2.26. The van der Waals surface area contributed by atoms with E-state index in [1.807, 2.05) is 6.92 Å². The summed E-state index contributed by atoms with van der Waals surface area (Å²) in [6, 6.07) is 10.5. The first-order chi connectivity index (χ1) is 12.0. The summed E-state index contributed by atoms with van der Waals surface area (Å²) in [4.78, 5) is 26.1. The van der Waals surface area contributed by atoms with Crippen molar-refractivity contribution in [3.05, 3.63) is 63.7 Å². The van der Waals surface area contributed by atoms with Crippen molar-refractivity contribution in [3.8, 4) is 5.75 Å². The van der Waals surface area contributed by atoms with Gasteiger partial charge in [0.15, 0.2) is 5.75 Å². The molecule has 2 rings (SSSR count). The van der Waals surface area contributed by atoms with Crippen LogP contribution in [0.15, 0.2) is 47.5 Å². The molecule has 0 unspecified atom stereocenters. The monoisotopic (exact) mass is 342 g/mol. The zero-order valence-corrected chi connectivity index (χ0v) is 13.7. The summed E-state index contributed by atoms with van der Waals surface area (Å²) in [5.41, 5.74) is 1.12. The zero-order valence-electron chi connectivity index (χ0n) is 13.7. The molecule has 0 fully saturated rings. The van der Waals surface area contributed by atoms with Gasteiger partial charge in [0.25, 0.3) is 0 Å². The fourth-order valence-electron chi connectivity index (χ4n) is 1.99. The van der Waals surface area contributed by atoms with E-state index in [1.165, 1.54) is 24.4 Å². The summed E-state index contributed by atoms with van der Waals surface area (Å²) in [6.07, 6.45) is 3.23. The smallest absolute Gasteiger partial charge is 0.338 e. The van der Waals surface area contributed by atoms with Crippen molar-refractivity contribution in [3.63, 3.8) is 0 Å². The van der Waals surface area contributed by atoms with Gasteiger partial charge in [0.2, 0.25) is 0 Å². The fraction of sp³-hybridized carbons (Fsp3) is 0.222. The SMILES string of the molecule is CCCCOC(=O)c1ccc(N=Cc2ccc(O)c([N+](=O)[O-])c2)cc1. The first-order valence-electron chi connectivity index (χ1n) is 7.80. The number of carbonyl (C=O) groups is 1. The topological polar surface area (TPSA) is 102 Å². The molecule has 130 valence electrons. The summed E-state index contributed by atoms with van der Waals surface area (Å²) >= 11 is 0. The molecule has 2 aromatic rings. The molecule has 1 N–H and O–H groups in total. The van der Waals surface area contributed by atoms with Crippen LogP contribution in [-0.4, -0.2) is 28.8 Å². The van der Waals surface area contributed by atoms with Crippen LogP contribution >= 0.6 is 0 Å². The Balaban J connectivity index is 2.06. The van der Waals surface area contributed by atoms with Gasteiger partial charge in [-0.3, -0.25) is 15.1 Å². The second-order valence-corrected chi connectivity index (χ2v) is 5.30. The maximum atomic E-state index is 11.8. The van der Waals surface area contributed by atoms with Crippen LogP contribution in [0.25, 0.3) is 0 Å². The Labute approximate surface area is 144 Å². The number of rotatable bonds is 7. The molecular formula is C18H18N2O5. The van der Waals surface area contributed by atoms with Gasteiger partial charge in [-0.1, -0.05) is 13.3 Å².